The van der Waals surface area contributed by atoms with E-state index in [4.69, 9.17) is 30.2 Å². The van der Waals surface area contributed by atoms with Gasteiger partial charge in [0.05, 0.1) is 13.1 Å². The highest BCUT2D eigenvalue weighted by atomic mass is 32.2. The first-order chi connectivity index (χ1) is 45.7. The highest BCUT2D eigenvalue weighted by Crippen LogP contribution is 2.49. The molecule has 95 heavy (non-hydrogen) atoms. The predicted molar refractivity (Wildman–Crippen MR) is 368 cm³/mol. The molecule has 490 valence electrons. The molecule has 0 saturated carbocycles. The first kappa shape index (κ1) is 66.1. The number of carbonyl (C=O) groups excluding carboxylic acids is 2. The average molecular weight is 1340 g/mol. The van der Waals surface area contributed by atoms with Crippen molar-refractivity contribution in [2.45, 2.75) is 69.4 Å². The lowest BCUT2D eigenvalue weighted by molar-refractivity contribution is 0.0552. The Balaban J connectivity index is 0.000000137. The first-order valence-electron chi connectivity index (χ1n) is 31.0. The number of fused-ring (bicyclic) bond motifs is 3. The minimum absolute atomic E-state index is 0.115. The summed E-state index contributed by atoms with van der Waals surface area (Å²) < 4.78 is 53.8. The maximum Gasteiger partial charge on any atom is 0.413 e. The van der Waals surface area contributed by atoms with E-state index in [1.807, 2.05) is 114 Å². The highest BCUT2D eigenvalue weighted by molar-refractivity contribution is 8.14. The molecule has 0 radical (unpaired) electrons. The summed E-state index contributed by atoms with van der Waals surface area (Å²) in [5.74, 6) is 2.85. The standard InChI is InChI=1S/C26H27FN6O2S.C22H25FN4O2S.C21H19FN6S/c1-25(2,3)35-24(34)31-23-32-26(16-33(14-19(26)15-36-23)22-29-11-6-12-30-22)18-8-4-7-17(13-18)20-9-5-10-28-21(20)27;1-21(2,3)29-20(28)26-19-27-22(13-24-11-16(22)12-30-19)15-7-4-6-14(10-15)17-8-5-9-25-18(17)23;22-18-17(6-2-7-24-18)14-4-1-5-15(10-14)21-13-28(20-25-8-3-9-26-20)11-16(21)12-29-19(23)27-21/h4-13,19H,14-16H2,1-3H3,(H,31,32,34);4-10,16,24H,11-13H2,1-3H3,(H,26,27,28);1-10,16H,11-13H2,(H2,23,27)/t19-,26+;16-,22+;16-,21+/m000/s1. The van der Waals surface area contributed by atoms with Crippen LogP contribution in [-0.4, -0.2) is 130 Å². The van der Waals surface area contributed by atoms with E-state index in [0.29, 0.717) is 70.3 Å². The second kappa shape index (κ2) is 27.8. The maximum absolute atomic E-state index is 14.5. The molecule has 26 heteroatoms. The largest absolute Gasteiger partial charge is 0.444 e. The van der Waals surface area contributed by atoms with Crippen molar-refractivity contribution in [3.05, 3.63) is 199 Å². The number of thioether (sulfide) groups is 3. The normalized spacial score (nSPS) is 22.7. The molecule has 0 bridgehead atoms. The lowest BCUT2D eigenvalue weighted by atomic mass is 9.81. The van der Waals surface area contributed by atoms with E-state index in [0.717, 1.165) is 63.7 Å². The van der Waals surface area contributed by atoms with Crippen molar-refractivity contribution >= 4 is 74.9 Å². The first-order valence-corrected chi connectivity index (χ1v) is 33.9. The van der Waals surface area contributed by atoms with Gasteiger partial charge in [0.25, 0.3) is 0 Å². The second-order valence-corrected chi connectivity index (χ2v) is 28.6. The Morgan fingerprint density at radius 2 is 0.884 bits per heavy atom. The summed E-state index contributed by atoms with van der Waals surface area (Å²) in [6, 6.07) is 37.4. The number of nitrogens with one attached hydrogen (secondary N) is 3. The fourth-order valence-corrected chi connectivity index (χ4v) is 15.9. The lowest BCUT2D eigenvalue weighted by Gasteiger charge is -2.36. The smallest absolute Gasteiger partial charge is 0.413 e. The number of alkyl carbamates (subject to hydrolysis) is 2. The van der Waals surface area contributed by atoms with Crippen LogP contribution in [0.25, 0.3) is 33.4 Å². The zero-order valence-electron chi connectivity index (χ0n) is 53.1. The number of halogens is 3. The Morgan fingerprint density at radius 3 is 1.31 bits per heavy atom. The third-order valence-corrected chi connectivity index (χ3v) is 20.0. The summed E-state index contributed by atoms with van der Waals surface area (Å²) in [6.45, 7) is 15.0. The molecule has 3 fully saturated rings. The van der Waals surface area contributed by atoms with Gasteiger partial charge in [0.1, 0.15) is 27.8 Å². The van der Waals surface area contributed by atoms with Crippen LogP contribution < -0.4 is 31.5 Å². The molecule has 0 spiro atoms. The lowest BCUT2D eigenvalue weighted by Crippen LogP contribution is -2.43. The van der Waals surface area contributed by atoms with Gasteiger partial charge in [-0.1, -0.05) is 89.9 Å². The number of benzene rings is 3. The van der Waals surface area contributed by atoms with Crippen LogP contribution in [0, 0.1) is 35.6 Å². The number of carbonyl (C=O) groups is 2. The number of ether oxygens (including phenoxy) is 2. The summed E-state index contributed by atoms with van der Waals surface area (Å²) in [6.07, 6.45) is 10.2. The van der Waals surface area contributed by atoms with Gasteiger partial charge in [-0.15, -0.1) is 0 Å². The molecule has 5 N–H and O–H groups in total. The molecule has 8 aromatic rings. The van der Waals surface area contributed by atoms with Gasteiger partial charge in [0.2, 0.25) is 29.7 Å². The number of aromatic nitrogens is 7. The van der Waals surface area contributed by atoms with E-state index < -0.39 is 57.8 Å². The molecule has 0 aliphatic carbocycles. The minimum Gasteiger partial charge on any atom is -0.444 e. The Hall–Kier alpha value is -8.98. The SMILES string of the molecule is CC(C)(C)OC(=O)NC1=N[C@@]2(c3cccc(-c4cccnc4F)c3)CN(c3ncccn3)C[C@H]2CS1.CC(C)(C)OC(=O)NC1=N[C@@]2(c3cccc(-c4cccnc4F)c3)CNC[C@H]2CS1.NC1=N[C@@]2(c3cccc(-c4cccnc4F)c3)CN(c3ncccn3)C[C@H]2CS1. The van der Waals surface area contributed by atoms with E-state index in [2.05, 4.69) is 60.6 Å². The summed E-state index contributed by atoms with van der Waals surface area (Å²) in [5, 5.41) is 10.7. The van der Waals surface area contributed by atoms with Gasteiger partial charge in [-0.25, -0.2) is 59.5 Å². The van der Waals surface area contributed by atoms with Crippen LogP contribution in [0.1, 0.15) is 58.2 Å². The number of pyridine rings is 3. The van der Waals surface area contributed by atoms with Crippen LogP contribution >= 0.6 is 35.3 Å². The zero-order chi connectivity index (χ0) is 66.5. The van der Waals surface area contributed by atoms with E-state index >= 15 is 0 Å². The average Bonchev–Trinajstić information content (AvgIpc) is 1.64. The Bertz CT molecular complexity index is 4210. The number of nitrogens with two attached hydrogens (primary N) is 1. The summed E-state index contributed by atoms with van der Waals surface area (Å²) in [7, 11) is 0. The molecule has 6 aliphatic rings. The van der Waals surface area contributed by atoms with Gasteiger partial charge in [-0.3, -0.25) is 10.6 Å². The molecule has 20 nitrogen and oxygen atoms in total. The number of amidine groups is 3. The molecule has 11 heterocycles. The molecule has 3 saturated heterocycles. The number of amides is 2. The highest BCUT2D eigenvalue weighted by Gasteiger charge is 2.53. The van der Waals surface area contributed by atoms with Crippen LogP contribution in [0.3, 0.4) is 0 Å². The van der Waals surface area contributed by atoms with Gasteiger partial charge < -0.3 is 30.3 Å². The van der Waals surface area contributed by atoms with Gasteiger partial charge in [-0.2, -0.15) is 13.2 Å². The maximum atomic E-state index is 14.5. The number of nitrogens with zero attached hydrogens (tertiary/aromatic N) is 12. The Kier molecular flexibility index (Phi) is 19.3. The summed E-state index contributed by atoms with van der Waals surface area (Å²) in [4.78, 5) is 73.1. The van der Waals surface area contributed by atoms with Crippen molar-refractivity contribution in [1.29, 1.82) is 0 Å². The predicted octanol–water partition coefficient (Wildman–Crippen LogP) is 11.6. The van der Waals surface area contributed by atoms with Crippen molar-refractivity contribution < 1.29 is 32.2 Å². The van der Waals surface area contributed by atoms with E-state index in [1.165, 1.54) is 42.1 Å². The monoisotopic (exact) mass is 1340 g/mol. The van der Waals surface area contributed by atoms with E-state index in [-0.39, 0.29) is 17.8 Å². The van der Waals surface area contributed by atoms with E-state index in [1.54, 1.807) is 85.1 Å². The Morgan fingerprint density at radius 1 is 0.505 bits per heavy atom. The van der Waals surface area contributed by atoms with Crippen LogP contribution in [0.4, 0.5) is 34.7 Å². The van der Waals surface area contributed by atoms with Gasteiger partial charge in [-0.05, 0) is 142 Å². The Labute approximate surface area is 561 Å². The number of rotatable bonds is 8. The quantitative estimate of drug-likeness (QED) is 0.103. The molecular formula is C69H71F3N16O4S3. The number of anilines is 2. The van der Waals surface area contributed by atoms with Crippen LogP contribution in [0.2, 0.25) is 0 Å². The molecule has 5 aromatic heterocycles. The molecule has 14 rings (SSSR count). The molecule has 3 aromatic carbocycles. The van der Waals surface area contributed by atoms with Crippen molar-refractivity contribution in [3.8, 4) is 33.4 Å². The zero-order valence-corrected chi connectivity index (χ0v) is 55.6. The number of hydrogen-bond acceptors (Lipinski definition) is 21. The van der Waals surface area contributed by atoms with Crippen molar-refractivity contribution in [2.75, 3.05) is 66.3 Å². The third-order valence-electron chi connectivity index (χ3n) is 16.9. The molecule has 2 amide bonds. The summed E-state index contributed by atoms with van der Waals surface area (Å²) >= 11 is 4.58. The number of hydrogen-bond donors (Lipinski definition) is 4. The fraction of sp³-hybridized carbons (Fsp3) is 0.333. The van der Waals surface area contributed by atoms with Crippen LogP contribution in [0.15, 0.2) is 180 Å². The van der Waals surface area contributed by atoms with Crippen LogP contribution in [-0.2, 0) is 26.1 Å². The molecule has 6 atom stereocenters. The van der Waals surface area contributed by atoms with Crippen molar-refractivity contribution in [2.24, 2.45) is 38.5 Å². The van der Waals surface area contributed by atoms with E-state index in [9.17, 15) is 22.8 Å². The van der Waals surface area contributed by atoms with Gasteiger partial charge in [0, 0.05) is 121 Å². The molecule has 0 unspecified atom stereocenters. The van der Waals surface area contributed by atoms with Crippen LogP contribution in [0.5, 0.6) is 0 Å². The van der Waals surface area contributed by atoms with Gasteiger partial charge in [0.15, 0.2) is 15.5 Å². The second-order valence-electron chi connectivity index (χ2n) is 25.6. The van der Waals surface area contributed by atoms with Crippen molar-refractivity contribution in [3.63, 3.8) is 0 Å². The molecule has 6 aliphatic heterocycles. The molecular weight excluding hydrogens is 1270 g/mol. The number of aliphatic imine (C=N–C) groups is 3. The fourth-order valence-electron chi connectivity index (χ4n) is 12.7. The van der Waals surface area contributed by atoms with Gasteiger partial charge >= 0.3 is 12.2 Å². The van der Waals surface area contributed by atoms with Crippen molar-refractivity contribution in [1.82, 2.24) is 50.8 Å². The minimum atomic E-state index is -0.691. The third kappa shape index (κ3) is 14.8. The topological polar surface area (TPSA) is 248 Å². The summed E-state index contributed by atoms with van der Waals surface area (Å²) in [5.41, 5.74) is 9.78.